The van der Waals surface area contributed by atoms with Crippen LogP contribution in [0.25, 0.3) is 27.8 Å². The topological polar surface area (TPSA) is 121 Å². The normalized spacial score (nSPS) is 15.8. The van der Waals surface area contributed by atoms with Gasteiger partial charge in [-0.15, -0.1) is 0 Å². The minimum Gasteiger partial charge on any atom is -0.492 e. The maximum Gasteiger partial charge on any atom is 0.407 e. The molecule has 0 bridgehead atoms. The van der Waals surface area contributed by atoms with Gasteiger partial charge in [0.25, 0.3) is 0 Å². The van der Waals surface area contributed by atoms with Crippen molar-refractivity contribution >= 4 is 34.1 Å². The number of ether oxygens (including phenoxy) is 2. The van der Waals surface area contributed by atoms with E-state index in [1.165, 1.54) is 4.90 Å². The summed E-state index contributed by atoms with van der Waals surface area (Å²) in [5.74, 6) is 1.53. The summed E-state index contributed by atoms with van der Waals surface area (Å²) in [6.07, 6.45) is 5.10. The highest BCUT2D eigenvalue weighted by Gasteiger charge is 2.24. The number of carbonyl (C=O) groups is 1. The van der Waals surface area contributed by atoms with Crippen LogP contribution in [0, 0.1) is 0 Å². The van der Waals surface area contributed by atoms with Gasteiger partial charge in [0.05, 0.1) is 54.8 Å². The lowest BCUT2D eigenvalue weighted by Crippen LogP contribution is -2.48. The second-order valence-electron chi connectivity index (χ2n) is 10.6. The number of carboxylic acid groups (broad SMARTS) is 1. The Hall–Kier alpha value is -4.97. The van der Waals surface area contributed by atoms with Gasteiger partial charge in [0.2, 0.25) is 0 Å². The number of benzene rings is 1. The Bertz CT molecular complexity index is 1740. The molecule has 1 N–H and O–H groups in total. The van der Waals surface area contributed by atoms with Crippen molar-refractivity contribution in [3.63, 3.8) is 0 Å². The second-order valence-corrected chi connectivity index (χ2v) is 10.6. The van der Waals surface area contributed by atoms with Gasteiger partial charge in [-0.1, -0.05) is 18.2 Å². The van der Waals surface area contributed by atoms with Crippen LogP contribution < -0.4 is 14.5 Å². The first kappa shape index (κ1) is 26.9. The number of hydrogen-bond acceptors (Lipinski definition) is 9. The third-order valence-electron chi connectivity index (χ3n) is 7.99. The highest BCUT2D eigenvalue weighted by atomic mass is 16.5. The fraction of sp³-hybridized carbons (Fsp3) is 0.323. The van der Waals surface area contributed by atoms with Gasteiger partial charge in [0.15, 0.2) is 5.65 Å². The molecule has 2 aliphatic rings. The molecule has 7 rings (SSSR count). The fourth-order valence-corrected chi connectivity index (χ4v) is 5.73. The number of fused-ring (bicyclic) bond motifs is 2. The van der Waals surface area contributed by atoms with Crippen molar-refractivity contribution in [2.75, 3.05) is 68.9 Å². The SMILES string of the molecule is O=C(O)N1CCN(c2ccc(-c3c(CCOc4cnc5ccccc5c4)nc4c(N5CCOCC5)ccnn34)cn2)CC1. The molecule has 2 fully saturated rings. The lowest BCUT2D eigenvalue weighted by molar-refractivity contribution is 0.123. The Labute approximate surface area is 248 Å². The summed E-state index contributed by atoms with van der Waals surface area (Å²) in [6, 6.07) is 16.0. The molecule has 0 radical (unpaired) electrons. The summed E-state index contributed by atoms with van der Waals surface area (Å²) in [6.45, 7) is 5.47. The molecule has 220 valence electrons. The third kappa shape index (κ3) is 5.48. The van der Waals surface area contributed by atoms with Crippen LogP contribution in [-0.4, -0.2) is 99.8 Å². The van der Waals surface area contributed by atoms with Crippen molar-refractivity contribution in [3.8, 4) is 17.0 Å². The number of pyridine rings is 2. The predicted molar refractivity (Wildman–Crippen MR) is 162 cm³/mol. The summed E-state index contributed by atoms with van der Waals surface area (Å²) in [7, 11) is 0. The quantitative estimate of drug-likeness (QED) is 0.306. The van der Waals surface area contributed by atoms with E-state index in [1.807, 2.05) is 65.4 Å². The molecule has 1 aromatic carbocycles. The molecular formula is C31H32N8O4. The maximum absolute atomic E-state index is 11.3. The van der Waals surface area contributed by atoms with E-state index < -0.39 is 6.09 Å². The highest BCUT2D eigenvalue weighted by Crippen LogP contribution is 2.31. The molecule has 2 aliphatic heterocycles. The molecule has 6 heterocycles. The molecular weight excluding hydrogens is 548 g/mol. The van der Waals surface area contributed by atoms with E-state index in [9.17, 15) is 9.90 Å². The van der Waals surface area contributed by atoms with E-state index in [0.29, 0.717) is 58.2 Å². The molecule has 43 heavy (non-hydrogen) atoms. The molecule has 5 aromatic rings. The monoisotopic (exact) mass is 580 g/mol. The van der Waals surface area contributed by atoms with E-state index in [0.717, 1.165) is 58.1 Å². The number of hydrogen-bond donors (Lipinski definition) is 1. The van der Waals surface area contributed by atoms with Gasteiger partial charge in [-0.05, 0) is 30.3 Å². The van der Waals surface area contributed by atoms with E-state index in [2.05, 4.69) is 14.8 Å². The fourth-order valence-electron chi connectivity index (χ4n) is 5.73. The largest absolute Gasteiger partial charge is 0.492 e. The van der Waals surface area contributed by atoms with Crippen LogP contribution >= 0.6 is 0 Å². The van der Waals surface area contributed by atoms with E-state index >= 15 is 0 Å². The summed E-state index contributed by atoms with van der Waals surface area (Å²) in [4.78, 5) is 31.5. The van der Waals surface area contributed by atoms with Crippen molar-refractivity contribution in [1.82, 2.24) is 29.5 Å². The average Bonchev–Trinajstić information content (AvgIpc) is 3.43. The Morgan fingerprint density at radius 2 is 1.77 bits per heavy atom. The number of aromatic nitrogens is 5. The zero-order chi connectivity index (χ0) is 29.2. The number of amides is 1. The lowest BCUT2D eigenvalue weighted by atomic mass is 10.1. The van der Waals surface area contributed by atoms with Crippen LogP contribution in [0.4, 0.5) is 16.3 Å². The van der Waals surface area contributed by atoms with Gasteiger partial charge in [0.1, 0.15) is 11.6 Å². The molecule has 0 aliphatic carbocycles. The van der Waals surface area contributed by atoms with Crippen LogP contribution in [-0.2, 0) is 11.2 Å². The van der Waals surface area contributed by atoms with Gasteiger partial charge in [-0.2, -0.15) is 5.10 Å². The first-order valence-electron chi connectivity index (χ1n) is 14.5. The summed E-state index contributed by atoms with van der Waals surface area (Å²) < 4.78 is 13.6. The molecule has 4 aromatic heterocycles. The Morgan fingerprint density at radius 3 is 2.56 bits per heavy atom. The minimum absolute atomic E-state index is 0.420. The van der Waals surface area contributed by atoms with E-state index in [-0.39, 0.29) is 0 Å². The van der Waals surface area contributed by atoms with Crippen LogP contribution in [0.5, 0.6) is 5.75 Å². The molecule has 0 atom stereocenters. The number of morpholine rings is 1. The summed E-state index contributed by atoms with van der Waals surface area (Å²) >= 11 is 0. The smallest absolute Gasteiger partial charge is 0.407 e. The van der Waals surface area contributed by atoms with E-state index in [4.69, 9.17) is 24.5 Å². The van der Waals surface area contributed by atoms with Crippen LogP contribution in [0.15, 0.2) is 67.1 Å². The Morgan fingerprint density at radius 1 is 0.930 bits per heavy atom. The molecule has 12 nitrogen and oxygen atoms in total. The molecule has 1 amide bonds. The minimum atomic E-state index is -0.882. The zero-order valence-corrected chi connectivity index (χ0v) is 23.7. The number of piperazine rings is 1. The second kappa shape index (κ2) is 11.7. The van der Waals surface area contributed by atoms with Gasteiger partial charge >= 0.3 is 6.09 Å². The molecule has 2 saturated heterocycles. The summed E-state index contributed by atoms with van der Waals surface area (Å²) in [5, 5.41) is 15.0. The maximum atomic E-state index is 11.3. The number of nitrogens with zero attached hydrogens (tertiary/aromatic N) is 8. The number of rotatable bonds is 7. The number of para-hydroxylation sites is 1. The number of anilines is 2. The predicted octanol–water partition coefficient (Wildman–Crippen LogP) is 3.60. The van der Waals surface area contributed by atoms with Gasteiger partial charge < -0.3 is 29.3 Å². The van der Waals surface area contributed by atoms with Crippen molar-refractivity contribution in [2.24, 2.45) is 0 Å². The van der Waals surface area contributed by atoms with Gasteiger partial charge in [-0.25, -0.2) is 19.3 Å². The van der Waals surface area contributed by atoms with Gasteiger partial charge in [0, 0.05) is 62.8 Å². The zero-order valence-electron chi connectivity index (χ0n) is 23.7. The first-order valence-corrected chi connectivity index (χ1v) is 14.5. The van der Waals surface area contributed by atoms with Crippen LogP contribution in [0.2, 0.25) is 0 Å². The molecule has 12 heteroatoms. The van der Waals surface area contributed by atoms with Crippen LogP contribution in [0.3, 0.4) is 0 Å². The Balaban J connectivity index is 1.18. The molecule has 0 unspecified atom stereocenters. The van der Waals surface area contributed by atoms with Crippen molar-refractivity contribution in [3.05, 3.63) is 72.8 Å². The first-order chi connectivity index (χ1) is 21.1. The van der Waals surface area contributed by atoms with Crippen molar-refractivity contribution < 1.29 is 19.4 Å². The van der Waals surface area contributed by atoms with Gasteiger partial charge in [-0.3, -0.25) is 4.98 Å². The van der Waals surface area contributed by atoms with Crippen molar-refractivity contribution in [1.29, 1.82) is 0 Å². The third-order valence-corrected chi connectivity index (χ3v) is 7.99. The highest BCUT2D eigenvalue weighted by molar-refractivity contribution is 5.79. The summed E-state index contributed by atoms with van der Waals surface area (Å²) in [5.41, 5.74) is 5.38. The average molecular weight is 581 g/mol. The van der Waals surface area contributed by atoms with Crippen molar-refractivity contribution in [2.45, 2.75) is 6.42 Å². The molecule has 0 spiro atoms. The molecule has 0 saturated carbocycles. The van der Waals surface area contributed by atoms with E-state index in [1.54, 1.807) is 6.20 Å². The number of imidazole rings is 1. The lowest BCUT2D eigenvalue weighted by Gasteiger charge is -2.33. The Kier molecular flexibility index (Phi) is 7.33. The standard InChI is InChI=1S/C31H32N8O4/c40-31(41)38-12-10-37(11-13-38)28-6-5-23(20-33-28)29-26(8-16-43-24-19-22-3-1-2-4-25(22)32-21-24)35-30-27(7-9-34-39(29)30)36-14-17-42-18-15-36/h1-7,9,19-21H,8,10-18H2,(H,40,41). The van der Waals surface area contributed by atoms with Crippen LogP contribution in [0.1, 0.15) is 5.69 Å².